The van der Waals surface area contributed by atoms with Crippen LogP contribution < -0.4 is 4.52 Å². The summed E-state index contributed by atoms with van der Waals surface area (Å²) in [6.07, 6.45) is 15.0. The first-order valence-corrected chi connectivity index (χ1v) is 12.4. The predicted octanol–water partition coefficient (Wildman–Crippen LogP) is 7.98. The molecule has 0 aliphatic heterocycles. The Hall–Kier alpha value is 0.561. The zero-order chi connectivity index (χ0) is 19.7. The Bertz CT molecular complexity index is 493. The molecule has 0 aromatic heterocycles. The minimum atomic E-state index is -2.47. The molecule has 0 amide bonds. The molecule has 1 rings (SSSR count). The Kier molecular flexibility index (Phi) is 19.9. The molecule has 0 saturated heterocycles. The van der Waals surface area contributed by atoms with Crippen molar-refractivity contribution in [3.8, 4) is 5.75 Å². The quantitative estimate of drug-likeness (QED) is 0.148. The second kappa shape index (κ2) is 19.5. The van der Waals surface area contributed by atoms with Crippen molar-refractivity contribution >= 4 is 8.25 Å². The molecule has 28 heavy (non-hydrogen) atoms. The molecule has 0 radical (unpaired) electrons. The fourth-order valence-corrected chi connectivity index (χ4v) is 3.98. The van der Waals surface area contributed by atoms with E-state index in [4.69, 9.17) is 9.05 Å². The molecule has 1 aromatic rings. The van der Waals surface area contributed by atoms with Gasteiger partial charge in [-0.3, -0.25) is 0 Å². The van der Waals surface area contributed by atoms with Gasteiger partial charge in [0.15, 0.2) is 0 Å². The van der Waals surface area contributed by atoms with E-state index >= 15 is 0 Å². The number of hydrogen-bond acceptors (Lipinski definition) is 3. The fraction of sp³-hybridized carbons (Fsp3) is 0.739. The van der Waals surface area contributed by atoms with Crippen LogP contribution in [0.25, 0.3) is 0 Å². The molecule has 0 aliphatic carbocycles. The molecule has 0 heterocycles. The van der Waals surface area contributed by atoms with Gasteiger partial charge in [-0.1, -0.05) is 90.7 Å². The van der Waals surface area contributed by atoms with Crippen molar-refractivity contribution < 1.29 is 54.5 Å². The van der Waals surface area contributed by atoms with Gasteiger partial charge in [0.25, 0.3) is 0 Å². The second-order valence-corrected chi connectivity index (χ2v) is 8.59. The van der Waals surface area contributed by atoms with Crippen molar-refractivity contribution in [1.82, 2.24) is 0 Å². The van der Waals surface area contributed by atoms with E-state index in [1.165, 1.54) is 63.4 Å². The molecule has 3 nitrogen and oxygen atoms in total. The first-order valence-electron chi connectivity index (χ1n) is 11.1. The van der Waals surface area contributed by atoms with Crippen LogP contribution in [0.3, 0.4) is 0 Å². The van der Waals surface area contributed by atoms with Crippen molar-refractivity contribution in [2.75, 3.05) is 6.61 Å². The number of unbranched alkanes of at least 4 members (excludes halogenated alkanes) is 7. The van der Waals surface area contributed by atoms with E-state index in [9.17, 15) is 4.57 Å². The summed E-state index contributed by atoms with van der Waals surface area (Å²) in [7, 11) is -2.47. The van der Waals surface area contributed by atoms with Gasteiger partial charge in [0, 0.05) is 40.8 Å². The predicted molar refractivity (Wildman–Crippen MR) is 117 cm³/mol. The van der Waals surface area contributed by atoms with Crippen LogP contribution in [0.4, 0.5) is 0 Å². The van der Waals surface area contributed by atoms with E-state index in [-0.39, 0.29) is 40.8 Å². The summed E-state index contributed by atoms with van der Waals surface area (Å²) in [5.74, 6) is 1.12. The molecule has 2 atom stereocenters. The van der Waals surface area contributed by atoms with E-state index in [1.807, 2.05) is 12.1 Å². The van der Waals surface area contributed by atoms with Gasteiger partial charge in [0.05, 0.1) is 6.61 Å². The molecule has 2 unspecified atom stereocenters. The summed E-state index contributed by atoms with van der Waals surface area (Å²) < 4.78 is 23.0. The van der Waals surface area contributed by atoms with Crippen LogP contribution in [0, 0.1) is 46.8 Å². The Morgan fingerprint density at radius 2 is 1.46 bits per heavy atom. The standard InChI is InChI=1S/C23H41O3P.Nd/c1-4-7-9-10-11-12-13-15-22-16-18-23(19-17-22)26-27(24)25-20-21(6-3)14-8-5-2;/h16-19,21,27H,4-15,20H2,1-3H3;. The normalized spacial score (nSPS) is 13.0. The van der Waals surface area contributed by atoms with Gasteiger partial charge < -0.3 is 9.05 Å². The van der Waals surface area contributed by atoms with E-state index in [1.54, 1.807) is 0 Å². The van der Waals surface area contributed by atoms with E-state index in [2.05, 4.69) is 32.9 Å². The average Bonchev–Trinajstić information content (AvgIpc) is 2.68. The maximum absolute atomic E-state index is 12.1. The molecule has 160 valence electrons. The topological polar surface area (TPSA) is 35.5 Å². The summed E-state index contributed by atoms with van der Waals surface area (Å²) in [4.78, 5) is 0. The zero-order valence-electron chi connectivity index (χ0n) is 18.3. The van der Waals surface area contributed by atoms with Crippen molar-refractivity contribution in [3.05, 3.63) is 29.8 Å². The van der Waals surface area contributed by atoms with Crippen LogP contribution in [-0.2, 0) is 15.5 Å². The Morgan fingerprint density at radius 1 is 0.857 bits per heavy atom. The molecule has 0 spiro atoms. The van der Waals surface area contributed by atoms with Crippen molar-refractivity contribution in [1.29, 1.82) is 0 Å². The van der Waals surface area contributed by atoms with Crippen LogP contribution in [0.1, 0.15) is 97.0 Å². The summed E-state index contributed by atoms with van der Waals surface area (Å²) in [6, 6.07) is 7.99. The largest absolute Gasteiger partial charge is 0.426 e. The SMILES string of the molecule is CCCCCCCCCc1ccc(O[PH](=O)OCC(CC)CCCC)cc1.[Nd]. The van der Waals surface area contributed by atoms with Gasteiger partial charge in [0.2, 0.25) is 0 Å². The minimum Gasteiger partial charge on any atom is -0.426 e. The number of aryl methyl sites for hydroxylation is 1. The summed E-state index contributed by atoms with van der Waals surface area (Å²) in [5, 5.41) is 0. The number of benzene rings is 1. The van der Waals surface area contributed by atoms with Gasteiger partial charge in [-0.25, -0.2) is 4.57 Å². The molecule has 0 fully saturated rings. The second-order valence-electron chi connectivity index (χ2n) is 7.59. The molecule has 0 bridgehead atoms. The molecule has 0 aliphatic rings. The summed E-state index contributed by atoms with van der Waals surface area (Å²) in [6.45, 7) is 7.14. The third kappa shape index (κ3) is 14.5. The maximum Gasteiger partial charge on any atom is 0.367 e. The van der Waals surface area contributed by atoms with Crippen molar-refractivity contribution in [2.24, 2.45) is 5.92 Å². The minimum absolute atomic E-state index is 0. The molecule has 0 saturated carbocycles. The van der Waals surface area contributed by atoms with Crippen LogP contribution >= 0.6 is 8.25 Å². The van der Waals surface area contributed by atoms with E-state index < -0.39 is 8.25 Å². The fourth-order valence-electron chi connectivity index (χ4n) is 3.22. The van der Waals surface area contributed by atoms with Crippen LogP contribution in [0.5, 0.6) is 5.75 Å². The van der Waals surface area contributed by atoms with Gasteiger partial charge in [-0.2, -0.15) is 0 Å². The monoisotopic (exact) mass is 538 g/mol. The first-order chi connectivity index (χ1) is 13.2. The molecular formula is C23H41NdO3P. The van der Waals surface area contributed by atoms with Crippen LogP contribution in [0.2, 0.25) is 0 Å². The van der Waals surface area contributed by atoms with E-state index in [0.29, 0.717) is 18.3 Å². The smallest absolute Gasteiger partial charge is 0.367 e. The molecule has 1 aromatic carbocycles. The van der Waals surface area contributed by atoms with Crippen LogP contribution in [-0.4, -0.2) is 6.61 Å². The van der Waals surface area contributed by atoms with Gasteiger partial charge in [-0.05, 0) is 42.9 Å². The number of rotatable bonds is 17. The maximum atomic E-state index is 12.1. The Balaban J connectivity index is 0.00000729. The third-order valence-corrected chi connectivity index (χ3v) is 5.98. The average molecular weight is 541 g/mol. The Morgan fingerprint density at radius 3 is 2.07 bits per heavy atom. The van der Waals surface area contributed by atoms with E-state index in [0.717, 1.165) is 19.3 Å². The first kappa shape index (κ1) is 28.6. The van der Waals surface area contributed by atoms with Crippen molar-refractivity contribution in [3.63, 3.8) is 0 Å². The molecular weight excluding hydrogens is 499 g/mol. The van der Waals surface area contributed by atoms with Gasteiger partial charge in [0.1, 0.15) is 5.75 Å². The van der Waals surface area contributed by atoms with Gasteiger partial charge >= 0.3 is 8.25 Å². The Labute approximate surface area is 207 Å². The summed E-state index contributed by atoms with van der Waals surface area (Å²) in [5.41, 5.74) is 1.32. The van der Waals surface area contributed by atoms with Crippen molar-refractivity contribution in [2.45, 2.75) is 97.8 Å². The summed E-state index contributed by atoms with van der Waals surface area (Å²) >= 11 is 0. The number of hydrogen-bond donors (Lipinski definition) is 0. The molecule has 0 N–H and O–H groups in total. The van der Waals surface area contributed by atoms with Crippen LogP contribution in [0.15, 0.2) is 24.3 Å². The molecule has 5 heteroatoms. The zero-order valence-corrected chi connectivity index (χ0v) is 22.5. The third-order valence-electron chi connectivity index (χ3n) is 5.17. The van der Waals surface area contributed by atoms with Gasteiger partial charge in [-0.15, -0.1) is 0 Å².